The van der Waals surface area contributed by atoms with Gasteiger partial charge in [0.1, 0.15) is 12.4 Å². The van der Waals surface area contributed by atoms with Crippen LogP contribution >= 0.6 is 11.6 Å². The Kier molecular flexibility index (Phi) is 8.56. The van der Waals surface area contributed by atoms with Crippen molar-refractivity contribution in [1.29, 1.82) is 0 Å². The molecule has 2 aromatic heterocycles. The predicted octanol–water partition coefficient (Wildman–Crippen LogP) is 4.16. The van der Waals surface area contributed by atoms with Crippen molar-refractivity contribution in [3.63, 3.8) is 0 Å². The minimum Gasteiger partial charge on any atom is -0.478 e. The highest BCUT2D eigenvalue weighted by Crippen LogP contribution is 2.30. The molecule has 43 heavy (non-hydrogen) atoms. The van der Waals surface area contributed by atoms with Gasteiger partial charge in [0, 0.05) is 59.1 Å². The molecule has 0 saturated heterocycles. The molecule has 5 rings (SSSR count). The lowest BCUT2D eigenvalue weighted by atomic mass is 10.0. The van der Waals surface area contributed by atoms with E-state index in [9.17, 15) is 28.7 Å². The molecular weight excluding hydrogens is 577 g/mol. The van der Waals surface area contributed by atoms with Gasteiger partial charge in [-0.15, -0.1) is 0 Å². The summed E-state index contributed by atoms with van der Waals surface area (Å²) in [7, 11) is 0. The average molecular weight is 606 g/mol. The number of aromatic nitrogens is 2. The van der Waals surface area contributed by atoms with Crippen LogP contribution in [0.2, 0.25) is 5.02 Å². The van der Waals surface area contributed by atoms with Crippen LogP contribution in [0.5, 0.6) is 0 Å². The van der Waals surface area contributed by atoms with Crippen molar-refractivity contribution in [2.45, 2.75) is 45.4 Å². The van der Waals surface area contributed by atoms with Gasteiger partial charge in [-0.2, -0.15) is 0 Å². The van der Waals surface area contributed by atoms with Crippen LogP contribution in [0, 0.1) is 5.82 Å². The minimum atomic E-state index is -1.13. The molecule has 4 aromatic rings. The van der Waals surface area contributed by atoms with Crippen LogP contribution < -0.4 is 11.1 Å². The van der Waals surface area contributed by atoms with Gasteiger partial charge in [-0.25, -0.2) is 9.18 Å². The third-order valence-electron chi connectivity index (χ3n) is 7.38. The lowest BCUT2D eigenvalue weighted by Crippen LogP contribution is -2.43. The Hall–Kier alpha value is -4.61. The third kappa shape index (κ3) is 6.58. The Morgan fingerprint density at radius 1 is 1.14 bits per heavy atom. The molecule has 0 bridgehead atoms. The van der Waals surface area contributed by atoms with Crippen LogP contribution in [0.15, 0.2) is 54.9 Å². The van der Waals surface area contributed by atoms with E-state index in [2.05, 4.69) is 10.3 Å². The topological polar surface area (TPSA) is 148 Å². The fourth-order valence-corrected chi connectivity index (χ4v) is 5.19. The maximum absolute atomic E-state index is 14.9. The van der Waals surface area contributed by atoms with Gasteiger partial charge in [0.25, 0.3) is 0 Å². The first-order chi connectivity index (χ1) is 20.5. The fourth-order valence-electron chi connectivity index (χ4n) is 4.95. The molecular formula is C31H29ClFN5O5. The van der Waals surface area contributed by atoms with E-state index in [1.54, 1.807) is 35.0 Å². The summed E-state index contributed by atoms with van der Waals surface area (Å²) in [6.45, 7) is 1.13. The van der Waals surface area contributed by atoms with Crippen molar-refractivity contribution in [2.24, 2.45) is 5.73 Å². The number of carbonyl (C=O) groups is 4. The quantitative estimate of drug-likeness (QED) is 0.217. The molecule has 0 atom stereocenters. The average Bonchev–Trinajstić information content (AvgIpc) is 3.77. The van der Waals surface area contributed by atoms with Gasteiger partial charge in [0.05, 0.1) is 22.8 Å². The van der Waals surface area contributed by atoms with E-state index in [1.165, 1.54) is 36.2 Å². The summed E-state index contributed by atoms with van der Waals surface area (Å²) < 4.78 is 16.4. The number of rotatable bonds is 11. The number of carbonyl (C=O) groups excluding carboxylic acids is 3. The van der Waals surface area contributed by atoms with Gasteiger partial charge in [-0.1, -0.05) is 17.7 Å². The predicted molar refractivity (Wildman–Crippen MR) is 158 cm³/mol. The Bertz CT molecular complexity index is 1750. The van der Waals surface area contributed by atoms with Gasteiger partial charge in [0.2, 0.25) is 11.8 Å². The number of benzene rings is 2. The zero-order valence-corrected chi connectivity index (χ0v) is 24.0. The monoisotopic (exact) mass is 605 g/mol. The van der Waals surface area contributed by atoms with E-state index in [4.69, 9.17) is 17.3 Å². The number of halogens is 2. The molecule has 0 radical (unpaired) electrons. The van der Waals surface area contributed by atoms with Crippen molar-refractivity contribution < 1.29 is 28.7 Å². The van der Waals surface area contributed by atoms with E-state index in [1.807, 2.05) is 0 Å². The maximum Gasteiger partial charge on any atom is 0.335 e. The van der Waals surface area contributed by atoms with Crippen molar-refractivity contribution in [3.05, 3.63) is 88.1 Å². The zero-order valence-electron chi connectivity index (χ0n) is 23.3. The third-order valence-corrected chi connectivity index (χ3v) is 7.66. The maximum atomic E-state index is 14.9. The summed E-state index contributed by atoms with van der Waals surface area (Å²) in [5.74, 6) is -2.85. The number of fused-ring (bicyclic) bond motifs is 1. The van der Waals surface area contributed by atoms with Crippen LogP contribution in [0.25, 0.3) is 22.0 Å². The summed E-state index contributed by atoms with van der Waals surface area (Å²) in [6.07, 6.45) is 4.64. The number of carboxylic acids is 1. The lowest BCUT2D eigenvalue weighted by Gasteiger charge is -2.22. The van der Waals surface area contributed by atoms with Crippen molar-refractivity contribution in [1.82, 2.24) is 19.8 Å². The molecule has 0 spiro atoms. The number of aromatic carboxylic acids is 1. The lowest BCUT2D eigenvalue weighted by molar-refractivity contribution is -0.137. The number of nitrogens with zero attached hydrogens (tertiary/aromatic N) is 3. The Balaban J connectivity index is 1.29. The second-order valence-electron chi connectivity index (χ2n) is 10.5. The summed E-state index contributed by atoms with van der Waals surface area (Å²) in [4.78, 5) is 55.8. The molecule has 1 aliphatic carbocycles. The second kappa shape index (κ2) is 12.3. The number of ketones is 1. The number of nitrogens with one attached hydrogen (secondary N) is 1. The van der Waals surface area contributed by atoms with Crippen LogP contribution in [0.1, 0.15) is 51.7 Å². The highest BCUT2D eigenvalue weighted by Gasteiger charge is 2.34. The van der Waals surface area contributed by atoms with Crippen LogP contribution in [-0.2, 0) is 29.2 Å². The fraction of sp³-hybridized carbons (Fsp3) is 0.258. The highest BCUT2D eigenvalue weighted by atomic mass is 35.5. The smallest absolute Gasteiger partial charge is 0.335 e. The van der Waals surface area contributed by atoms with E-state index >= 15 is 0 Å². The van der Waals surface area contributed by atoms with Crippen LogP contribution in [0.4, 0.5) is 4.39 Å². The summed E-state index contributed by atoms with van der Waals surface area (Å²) in [5, 5.41) is 12.4. The number of pyridine rings is 1. The summed E-state index contributed by atoms with van der Waals surface area (Å²) >= 11 is 6.15. The van der Waals surface area contributed by atoms with Gasteiger partial charge >= 0.3 is 5.97 Å². The molecule has 12 heteroatoms. The van der Waals surface area contributed by atoms with E-state index in [-0.39, 0.29) is 60.1 Å². The van der Waals surface area contributed by atoms with Crippen LogP contribution in [-0.4, -0.2) is 55.7 Å². The summed E-state index contributed by atoms with van der Waals surface area (Å²) in [6, 6.07) is 10.9. The molecule has 2 aromatic carbocycles. The second-order valence-corrected chi connectivity index (χ2v) is 10.9. The van der Waals surface area contributed by atoms with E-state index < -0.39 is 17.7 Å². The number of carboxylic acid groups (broad SMARTS) is 1. The number of nitrogens with two attached hydrogens (primary N) is 1. The minimum absolute atomic E-state index is 0.0276. The number of hydrogen-bond acceptors (Lipinski definition) is 6. The van der Waals surface area contributed by atoms with Gasteiger partial charge in [0.15, 0.2) is 5.78 Å². The molecule has 1 saturated carbocycles. The molecule has 2 heterocycles. The van der Waals surface area contributed by atoms with E-state index in [0.717, 1.165) is 12.8 Å². The Morgan fingerprint density at radius 2 is 1.91 bits per heavy atom. The van der Waals surface area contributed by atoms with Crippen molar-refractivity contribution >= 4 is 46.1 Å². The Labute approximate surface area is 251 Å². The first-order valence-electron chi connectivity index (χ1n) is 13.6. The van der Waals surface area contributed by atoms with Crippen LogP contribution in [0.3, 0.4) is 0 Å². The largest absolute Gasteiger partial charge is 0.478 e. The van der Waals surface area contributed by atoms with E-state index in [0.29, 0.717) is 33.3 Å². The molecule has 1 aliphatic rings. The normalized spacial score (nSPS) is 12.7. The first kappa shape index (κ1) is 29.9. The molecule has 1 fully saturated rings. The Morgan fingerprint density at radius 3 is 2.53 bits per heavy atom. The molecule has 0 aliphatic heterocycles. The van der Waals surface area contributed by atoms with Gasteiger partial charge in [-0.05, 0) is 61.7 Å². The first-order valence-corrected chi connectivity index (χ1v) is 14.0. The van der Waals surface area contributed by atoms with Gasteiger partial charge in [-0.3, -0.25) is 19.4 Å². The number of amides is 2. The van der Waals surface area contributed by atoms with Crippen molar-refractivity contribution in [3.8, 4) is 11.1 Å². The number of hydrogen-bond donors (Lipinski definition) is 3. The molecule has 222 valence electrons. The molecule has 10 nitrogen and oxygen atoms in total. The molecule has 0 unspecified atom stereocenters. The molecule has 4 N–H and O–H groups in total. The zero-order chi connectivity index (χ0) is 30.8. The van der Waals surface area contributed by atoms with Crippen molar-refractivity contribution in [2.75, 3.05) is 6.54 Å². The SMILES string of the molecule is CC(=O)c1cn(CC(=O)N(CC(=O)NCc2cc(-c3ccc(CN)nc3)cc(Cl)c2F)C2CC2)c2ccc(C(=O)O)cc12. The summed E-state index contributed by atoms with van der Waals surface area (Å²) in [5.41, 5.74) is 8.69. The molecule has 2 amide bonds. The number of Topliss-reactive ketones (excluding diaryl/α,β-unsaturated/α-hetero) is 1. The standard InChI is InChI=1S/C31H29ClFN5O5/c1-17(39)25-14-37(27-7-3-18(31(42)43)9-24(25)27)16-29(41)38(23-5-6-23)15-28(40)36-13-21-8-20(10-26(32)30(21)33)19-2-4-22(11-34)35-12-19/h2-4,7-10,12,14,23H,5-6,11,13,15-16,34H2,1H3,(H,36,40)(H,42,43). The van der Waals surface area contributed by atoms with Gasteiger partial charge < -0.3 is 25.6 Å². The highest BCUT2D eigenvalue weighted by molar-refractivity contribution is 6.31.